The largest absolute Gasteiger partial charge is 0.489 e. The predicted molar refractivity (Wildman–Crippen MR) is 142 cm³/mol. The standard InChI is InChI=1S/C29H26FN5O4/c1-29(2,3)39-28(37)32-22-17-38-26-11-7-6-10-24(26)34(27(22)36)16-21-20-13-12-19(30)14-25(20)35(33-21)23-9-5-4-8-18(23)15-31/h4-14,22H,16-17H2,1-3H3,(H,32,37)/t22-/m0/s1. The van der Waals surface area contributed by atoms with E-state index in [2.05, 4.69) is 11.4 Å². The maximum absolute atomic E-state index is 14.3. The summed E-state index contributed by atoms with van der Waals surface area (Å²) >= 11 is 0. The Kier molecular flexibility index (Phi) is 6.66. The van der Waals surface area contributed by atoms with Crippen LogP contribution in [0.25, 0.3) is 16.6 Å². The Labute approximate surface area is 224 Å². The molecule has 0 radical (unpaired) electrons. The molecule has 39 heavy (non-hydrogen) atoms. The summed E-state index contributed by atoms with van der Waals surface area (Å²) in [5.41, 5.74) is 1.52. The van der Waals surface area contributed by atoms with Crippen molar-refractivity contribution < 1.29 is 23.5 Å². The van der Waals surface area contributed by atoms with Gasteiger partial charge in [-0.3, -0.25) is 4.79 Å². The fraction of sp³-hybridized carbons (Fsp3) is 0.241. The lowest BCUT2D eigenvalue weighted by molar-refractivity contribution is -0.121. The molecule has 5 rings (SSSR count). The molecule has 1 N–H and O–H groups in total. The number of aromatic nitrogens is 2. The second-order valence-corrected chi connectivity index (χ2v) is 10.1. The highest BCUT2D eigenvalue weighted by Crippen LogP contribution is 2.34. The molecule has 3 aromatic carbocycles. The van der Waals surface area contributed by atoms with Gasteiger partial charge in [-0.25, -0.2) is 13.9 Å². The second kappa shape index (κ2) is 10.1. The zero-order chi connectivity index (χ0) is 27.7. The van der Waals surface area contributed by atoms with Crippen molar-refractivity contribution >= 4 is 28.6 Å². The SMILES string of the molecule is CC(C)(C)OC(=O)N[C@H]1COc2ccccc2N(Cc2nn(-c3ccccc3C#N)c3cc(F)ccc23)C1=O. The molecule has 0 aliphatic carbocycles. The van der Waals surface area contributed by atoms with Crippen molar-refractivity contribution in [2.75, 3.05) is 11.5 Å². The van der Waals surface area contributed by atoms with Crippen molar-refractivity contribution in [3.05, 3.63) is 83.8 Å². The number of ether oxygens (including phenoxy) is 2. The number of para-hydroxylation sites is 3. The number of nitriles is 1. The van der Waals surface area contributed by atoms with Gasteiger partial charge in [0.1, 0.15) is 35.9 Å². The Morgan fingerprint density at radius 1 is 1.15 bits per heavy atom. The average molecular weight is 528 g/mol. The van der Waals surface area contributed by atoms with E-state index in [0.717, 1.165) is 0 Å². The molecule has 1 aliphatic rings. The van der Waals surface area contributed by atoms with Crippen molar-refractivity contribution in [3.63, 3.8) is 0 Å². The van der Waals surface area contributed by atoms with E-state index in [1.165, 1.54) is 21.7 Å². The third kappa shape index (κ3) is 5.25. The maximum atomic E-state index is 14.3. The van der Waals surface area contributed by atoms with Crippen LogP contribution in [0.1, 0.15) is 32.0 Å². The number of carbonyl (C=O) groups excluding carboxylic acids is 2. The van der Waals surface area contributed by atoms with Crippen LogP contribution < -0.4 is 15.0 Å². The predicted octanol–water partition coefficient (Wildman–Crippen LogP) is 4.86. The smallest absolute Gasteiger partial charge is 0.408 e. The van der Waals surface area contributed by atoms with E-state index in [4.69, 9.17) is 14.6 Å². The first-order valence-corrected chi connectivity index (χ1v) is 12.3. The van der Waals surface area contributed by atoms with E-state index in [1.807, 2.05) is 0 Å². The highest BCUT2D eigenvalue weighted by atomic mass is 19.1. The molecule has 0 unspecified atom stereocenters. The van der Waals surface area contributed by atoms with Crippen molar-refractivity contribution in [2.24, 2.45) is 0 Å². The first-order chi connectivity index (χ1) is 18.6. The van der Waals surface area contributed by atoms with E-state index in [0.29, 0.717) is 39.3 Å². The lowest BCUT2D eigenvalue weighted by Crippen LogP contribution is -2.51. The molecule has 2 heterocycles. The number of carbonyl (C=O) groups is 2. The average Bonchev–Trinajstić information content (AvgIpc) is 3.19. The Hall–Kier alpha value is -4.91. The Morgan fingerprint density at radius 3 is 2.62 bits per heavy atom. The lowest BCUT2D eigenvalue weighted by Gasteiger charge is -2.25. The highest BCUT2D eigenvalue weighted by molar-refractivity contribution is 6.01. The number of benzene rings is 3. The summed E-state index contributed by atoms with van der Waals surface area (Å²) in [6.07, 6.45) is -0.742. The minimum atomic E-state index is -1.03. The van der Waals surface area contributed by atoms with Gasteiger partial charge in [0, 0.05) is 11.5 Å². The number of rotatable bonds is 4. The molecule has 0 bridgehead atoms. The Morgan fingerprint density at radius 2 is 1.87 bits per heavy atom. The van der Waals surface area contributed by atoms with Gasteiger partial charge in [-0.2, -0.15) is 10.4 Å². The number of hydrogen-bond acceptors (Lipinski definition) is 6. The fourth-order valence-corrected chi connectivity index (χ4v) is 4.43. The topological polar surface area (TPSA) is 109 Å². The molecule has 198 valence electrons. The first-order valence-electron chi connectivity index (χ1n) is 12.3. The van der Waals surface area contributed by atoms with Crippen molar-refractivity contribution in [1.82, 2.24) is 15.1 Å². The third-order valence-electron chi connectivity index (χ3n) is 6.10. The van der Waals surface area contributed by atoms with Crippen molar-refractivity contribution in [2.45, 2.75) is 39.0 Å². The number of fused-ring (bicyclic) bond motifs is 2. The van der Waals surface area contributed by atoms with E-state index >= 15 is 0 Å². The molecular formula is C29H26FN5O4. The van der Waals surface area contributed by atoms with Crippen LogP contribution >= 0.6 is 0 Å². The van der Waals surface area contributed by atoms with Gasteiger partial charge in [0.25, 0.3) is 5.91 Å². The summed E-state index contributed by atoms with van der Waals surface area (Å²) in [6.45, 7) is 5.09. The van der Waals surface area contributed by atoms with Gasteiger partial charge >= 0.3 is 6.09 Å². The normalized spacial score (nSPS) is 15.2. The van der Waals surface area contributed by atoms with E-state index < -0.39 is 29.5 Å². The molecule has 0 fully saturated rings. The summed E-state index contributed by atoms with van der Waals surface area (Å²) in [5.74, 6) is -0.423. The van der Waals surface area contributed by atoms with Crippen LogP contribution in [0.4, 0.5) is 14.9 Å². The van der Waals surface area contributed by atoms with Gasteiger partial charge in [0.2, 0.25) is 0 Å². The number of nitrogens with zero attached hydrogens (tertiary/aromatic N) is 4. The van der Waals surface area contributed by atoms with Crippen LogP contribution in [0.3, 0.4) is 0 Å². The molecule has 2 amide bonds. The summed E-state index contributed by atoms with van der Waals surface area (Å²) in [7, 11) is 0. The van der Waals surface area contributed by atoms with E-state index in [9.17, 15) is 19.2 Å². The summed E-state index contributed by atoms with van der Waals surface area (Å²) < 4.78 is 27.1. The highest BCUT2D eigenvalue weighted by Gasteiger charge is 2.34. The maximum Gasteiger partial charge on any atom is 0.408 e. The molecule has 1 aliphatic heterocycles. The van der Waals surface area contributed by atoms with Crippen LogP contribution in [0.5, 0.6) is 5.75 Å². The fourth-order valence-electron chi connectivity index (χ4n) is 4.43. The van der Waals surface area contributed by atoms with Crippen LogP contribution in [0.15, 0.2) is 66.7 Å². The summed E-state index contributed by atoms with van der Waals surface area (Å²) in [4.78, 5) is 27.8. The number of hydrogen-bond donors (Lipinski definition) is 1. The molecule has 1 atom stereocenters. The molecule has 0 spiro atoms. The lowest BCUT2D eigenvalue weighted by atomic mass is 10.1. The van der Waals surface area contributed by atoms with Gasteiger partial charge in [0.15, 0.2) is 0 Å². The van der Waals surface area contributed by atoms with Gasteiger partial charge in [-0.05, 0) is 57.2 Å². The zero-order valence-electron chi connectivity index (χ0n) is 21.6. The van der Waals surface area contributed by atoms with E-state index in [-0.39, 0.29) is 13.2 Å². The van der Waals surface area contributed by atoms with E-state index in [1.54, 1.807) is 75.4 Å². The van der Waals surface area contributed by atoms with Crippen molar-refractivity contribution in [1.29, 1.82) is 5.26 Å². The van der Waals surface area contributed by atoms with Crippen LogP contribution in [-0.2, 0) is 16.1 Å². The molecule has 9 nitrogen and oxygen atoms in total. The number of amides is 2. The van der Waals surface area contributed by atoms with Crippen LogP contribution in [0, 0.1) is 17.1 Å². The van der Waals surface area contributed by atoms with Gasteiger partial charge < -0.3 is 19.7 Å². The molecular weight excluding hydrogens is 501 g/mol. The number of nitrogens with one attached hydrogen (secondary N) is 1. The van der Waals surface area contributed by atoms with Gasteiger partial charge in [0.05, 0.1) is 34.7 Å². The first kappa shape index (κ1) is 25.7. The Balaban J connectivity index is 1.57. The van der Waals surface area contributed by atoms with Gasteiger partial charge in [-0.15, -0.1) is 0 Å². The second-order valence-electron chi connectivity index (χ2n) is 10.1. The van der Waals surface area contributed by atoms with Crippen LogP contribution in [-0.4, -0.2) is 40.0 Å². The quantitative estimate of drug-likeness (QED) is 0.406. The molecule has 10 heteroatoms. The van der Waals surface area contributed by atoms with Crippen molar-refractivity contribution in [3.8, 4) is 17.5 Å². The minimum Gasteiger partial charge on any atom is -0.489 e. The monoisotopic (exact) mass is 527 g/mol. The summed E-state index contributed by atoms with van der Waals surface area (Å²) in [5, 5.41) is 17.6. The van der Waals surface area contributed by atoms with Crippen LogP contribution in [0.2, 0.25) is 0 Å². The minimum absolute atomic E-state index is 0.00441. The molecule has 0 saturated carbocycles. The molecule has 4 aromatic rings. The number of halogens is 1. The number of alkyl carbamates (subject to hydrolysis) is 1. The summed E-state index contributed by atoms with van der Waals surface area (Å²) in [6, 6.07) is 19.3. The van der Waals surface area contributed by atoms with Gasteiger partial charge in [-0.1, -0.05) is 24.3 Å². The number of anilines is 1. The Bertz CT molecular complexity index is 1620. The third-order valence-corrected chi connectivity index (χ3v) is 6.10. The zero-order valence-corrected chi connectivity index (χ0v) is 21.6. The molecule has 1 aromatic heterocycles. The molecule has 0 saturated heterocycles.